The van der Waals surface area contributed by atoms with Crippen LogP contribution in [-0.4, -0.2) is 39.9 Å². The van der Waals surface area contributed by atoms with E-state index in [0.717, 1.165) is 120 Å². The first kappa shape index (κ1) is 99.5. The maximum Gasteiger partial charge on any atom is 0.0266 e. The maximum absolute atomic E-state index is 4.54. The van der Waals surface area contributed by atoms with Crippen molar-refractivity contribution in [3.8, 4) is 123 Å². The van der Waals surface area contributed by atoms with Crippen LogP contribution in [0, 0.1) is 83.2 Å². The summed E-state index contributed by atoms with van der Waals surface area (Å²) in [5.74, 6) is 0. The third-order valence-corrected chi connectivity index (χ3v) is 19.8. The van der Waals surface area contributed by atoms with E-state index < -0.39 is 0 Å². The Morgan fingerprint density at radius 3 is 0.922 bits per heavy atom. The average Bonchev–Trinajstić information content (AvgIpc) is 0.832. The molecule has 0 N–H and O–H groups in total. The van der Waals surface area contributed by atoms with Crippen LogP contribution in [0.3, 0.4) is 0 Å². The molecule has 0 amide bonds. The fourth-order valence-electron chi connectivity index (χ4n) is 13.2. The first-order chi connectivity index (χ1) is 61.6. The molecule has 8 aromatic heterocycles. The van der Waals surface area contributed by atoms with Crippen LogP contribution in [-0.2, 0) is 80.4 Å². The van der Waals surface area contributed by atoms with E-state index in [1.54, 1.807) is 12.4 Å². The molecule has 12 heteroatoms. The van der Waals surface area contributed by atoms with Gasteiger partial charge in [-0.1, -0.05) is 207 Å². The zero-order chi connectivity index (χ0) is 86.1. The van der Waals surface area contributed by atoms with E-state index in [1.165, 1.54) is 55.6 Å². The minimum absolute atomic E-state index is 0. The molecule has 4 radical (unpaired) electrons. The third-order valence-electron chi connectivity index (χ3n) is 19.8. The molecule has 1 aliphatic carbocycles. The molecule has 0 spiro atoms. The second-order valence-electron chi connectivity index (χ2n) is 28.8. The van der Waals surface area contributed by atoms with Crippen LogP contribution in [0.2, 0.25) is 0 Å². The fraction of sp³-hybridized carbons (Fsp3) is 0.0598. The topological polar surface area (TPSA) is 103 Å². The van der Waals surface area contributed by atoms with Crippen molar-refractivity contribution in [3.05, 3.63) is 526 Å². The van der Waals surface area contributed by atoms with Gasteiger partial charge in [-0.3, -0.25) is 0 Å². The molecule has 644 valence electrons. The van der Waals surface area contributed by atoms with Crippen molar-refractivity contribution in [2.24, 2.45) is 0 Å². The Morgan fingerprint density at radius 2 is 0.574 bits per heavy atom. The Labute approximate surface area is 815 Å². The molecule has 129 heavy (non-hydrogen) atoms. The van der Waals surface area contributed by atoms with Crippen LogP contribution in [0.1, 0.15) is 46.5 Å². The third kappa shape index (κ3) is 31.3. The summed E-state index contributed by atoms with van der Waals surface area (Å²) in [5.41, 5.74) is 31.9. The smallest absolute Gasteiger partial charge is 0.0266 e. The summed E-state index contributed by atoms with van der Waals surface area (Å²) < 4.78 is 0. The zero-order valence-corrected chi connectivity index (χ0v) is 81.6. The van der Waals surface area contributed by atoms with Gasteiger partial charge in [0.1, 0.15) is 0 Å². The van der Waals surface area contributed by atoms with Crippen molar-refractivity contribution in [2.45, 2.75) is 47.5 Å². The molecule has 0 bridgehead atoms. The summed E-state index contributed by atoms with van der Waals surface area (Å²) in [4.78, 5) is 35.2. The molecule has 0 aliphatic heterocycles. The average molecular weight is 2380 g/mol. The summed E-state index contributed by atoms with van der Waals surface area (Å²) in [5, 5.41) is 0. The molecule has 8 heterocycles. The zero-order valence-electron chi connectivity index (χ0n) is 72.0. The molecular weight excluding hydrogens is 2290 g/mol. The molecule has 0 atom stereocenters. The minimum Gasteiger partial charge on any atom is -0.320 e. The van der Waals surface area contributed by atoms with E-state index in [4.69, 9.17) is 0 Å². The number of rotatable bonds is 12. The summed E-state index contributed by atoms with van der Waals surface area (Å²) >= 11 is 0. The predicted octanol–water partition coefficient (Wildman–Crippen LogP) is 28.7. The molecule has 1 aliphatic rings. The Balaban J connectivity index is 0.000000167. The van der Waals surface area contributed by atoms with Gasteiger partial charge in [-0.15, -0.1) is 257 Å². The normalized spacial score (nSPS) is 10.4. The van der Waals surface area contributed by atoms with Gasteiger partial charge >= 0.3 is 0 Å². The number of aromatic nitrogens is 8. The molecule has 8 nitrogen and oxygen atoms in total. The van der Waals surface area contributed by atoms with E-state index in [2.05, 4.69) is 250 Å². The number of pyridine rings is 8. The van der Waals surface area contributed by atoms with Gasteiger partial charge in [0.2, 0.25) is 0 Å². The number of nitrogens with zero attached hydrogens (tertiary/aromatic N) is 8. The molecule has 0 fully saturated rings. The van der Waals surface area contributed by atoms with Crippen molar-refractivity contribution < 1.29 is 80.4 Å². The molecular formula is C117H92Ir4N8-8. The van der Waals surface area contributed by atoms with Crippen molar-refractivity contribution in [3.63, 3.8) is 0 Å². The quantitative estimate of drug-likeness (QED) is 0.111. The number of benzene rings is 11. The largest absolute Gasteiger partial charge is 0.320 e. The van der Waals surface area contributed by atoms with E-state index in [0.29, 0.717) is 0 Å². The van der Waals surface area contributed by atoms with Crippen LogP contribution >= 0.6 is 0 Å². The number of allylic oxidation sites excluding steroid dienone is 4. The van der Waals surface area contributed by atoms with Gasteiger partial charge in [-0.2, -0.15) is 18.2 Å². The Bertz CT molecular complexity index is 6110. The number of aryl methyl sites for hydroxylation is 5. The van der Waals surface area contributed by atoms with E-state index >= 15 is 0 Å². The van der Waals surface area contributed by atoms with Gasteiger partial charge in [0.05, 0.1) is 0 Å². The van der Waals surface area contributed by atoms with E-state index in [1.807, 2.05) is 305 Å². The van der Waals surface area contributed by atoms with Gasteiger partial charge in [0.15, 0.2) is 0 Å². The summed E-state index contributed by atoms with van der Waals surface area (Å²) in [7, 11) is 0. The van der Waals surface area contributed by atoms with Gasteiger partial charge in [0, 0.05) is 129 Å². The molecule has 20 rings (SSSR count). The first-order valence-corrected chi connectivity index (χ1v) is 41.5. The van der Waals surface area contributed by atoms with Crippen molar-refractivity contribution >= 4 is 5.57 Å². The summed E-state index contributed by atoms with van der Waals surface area (Å²) in [6.07, 6.45) is 22.6. The fourth-order valence-corrected chi connectivity index (χ4v) is 13.2. The Hall–Kier alpha value is -13.3. The molecule has 0 unspecified atom stereocenters. The predicted molar refractivity (Wildman–Crippen MR) is 514 cm³/mol. The molecule has 11 aromatic carbocycles. The first-order valence-electron chi connectivity index (χ1n) is 41.5. The molecule has 19 aromatic rings. The summed E-state index contributed by atoms with van der Waals surface area (Å²) in [6.45, 7) is 10.4. The van der Waals surface area contributed by atoms with E-state index in [-0.39, 0.29) is 80.4 Å². The van der Waals surface area contributed by atoms with Crippen LogP contribution in [0.15, 0.2) is 444 Å². The van der Waals surface area contributed by atoms with Gasteiger partial charge in [-0.05, 0) is 171 Å². The van der Waals surface area contributed by atoms with Crippen LogP contribution in [0.25, 0.3) is 129 Å². The number of hydrogen-bond acceptors (Lipinski definition) is 8. The Kier molecular flexibility index (Phi) is 42.2. The Morgan fingerprint density at radius 1 is 0.233 bits per heavy atom. The van der Waals surface area contributed by atoms with Gasteiger partial charge in [0.25, 0.3) is 0 Å². The van der Waals surface area contributed by atoms with Crippen molar-refractivity contribution in [2.75, 3.05) is 0 Å². The monoisotopic (exact) mass is 2380 g/mol. The van der Waals surface area contributed by atoms with Gasteiger partial charge < -0.3 is 39.9 Å². The molecule has 0 saturated carbocycles. The second kappa shape index (κ2) is 54.7. The van der Waals surface area contributed by atoms with Crippen LogP contribution in [0.5, 0.6) is 0 Å². The van der Waals surface area contributed by atoms with E-state index in [9.17, 15) is 0 Å². The van der Waals surface area contributed by atoms with Gasteiger partial charge in [-0.25, -0.2) is 0 Å². The second-order valence-corrected chi connectivity index (χ2v) is 28.8. The van der Waals surface area contributed by atoms with Crippen LogP contribution in [0.4, 0.5) is 0 Å². The minimum atomic E-state index is 0. The summed E-state index contributed by atoms with van der Waals surface area (Å²) in [6, 6.07) is 151. The molecule has 0 saturated heterocycles. The van der Waals surface area contributed by atoms with Crippen molar-refractivity contribution in [1.29, 1.82) is 0 Å². The SMILES string of the molecule is Cc1ccc(C2=[C-]C=CCC2)nc1.Cc1cccc(-c2[c-]cccc2)n1.Cc1ccccc1-c1ccc(-c2[c-]cccc2)nc1.Cc1ccccc1-c1ccc(-c2[c-]cccc2)nc1.Cc1ccccc1-c1ccnc(-c2[c-]cccc2)c1.[Ir].[Ir].[Ir].[Ir].[c-]1ccccc1-c1ccc(-c2ccccc2)cn1.[c-]1ccccc1-c1ccccn1.[c-]1ccccc1-c1ccccn1. The number of hydrogen-bond donors (Lipinski definition) is 0. The standard InChI is InChI=1S/3C18H14N.C17H12N.C12H10N.C12H12N.2C11H8N.4Ir/c1-14-7-5-6-10-17(14)16-11-12-19-18(13-16)15-8-3-2-4-9-15;2*1-14-7-5-6-10-17(14)16-11-12-18(19-13-16)15-8-3-2-4-9-15;1-3-7-14(8-4-1)16-11-12-17(18-13-16)15-9-5-2-6-10-15;1-10-6-5-9-12(13-10)11-7-3-2-4-8-11;1-10-7-8-12(13-9-10)11-5-3-2-4-6-11;2*1-2-6-10(7-3-1)11-8-4-5-9-12-11;;;;/h3*2-8,10-13H,1H3;1-9,11-13H;2-7,9H,1H3;2-3,7-9H,4,6H2,1H3;2*1-6,8-9H;;;;/q8*-1;;;;. The van der Waals surface area contributed by atoms with Crippen LogP contribution < -0.4 is 0 Å². The maximum atomic E-state index is 4.54. The van der Waals surface area contributed by atoms with Crippen molar-refractivity contribution in [1.82, 2.24) is 39.9 Å².